The maximum Gasteiger partial charge on any atom is 0.239 e. The van der Waals surface area contributed by atoms with E-state index in [4.69, 9.17) is 9.15 Å². The van der Waals surface area contributed by atoms with Gasteiger partial charge in [-0.3, -0.25) is 9.59 Å². The lowest BCUT2D eigenvalue weighted by Crippen LogP contribution is -2.36. The van der Waals surface area contributed by atoms with Crippen LogP contribution >= 0.6 is 15.9 Å². The third kappa shape index (κ3) is 6.87. The maximum atomic E-state index is 11.7. The number of hydrogen-bond acceptors (Lipinski definition) is 4. The van der Waals surface area contributed by atoms with Gasteiger partial charge in [-0.1, -0.05) is 15.9 Å². The van der Waals surface area contributed by atoms with Gasteiger partial charge in [0.2, 0.25) is 11.8 Å². The third-order valence-electron chi connectivity index (χ3n) is 3.12. The highest BCUT2D eigenvalue weighted by molar-refractivity contribution is 9.10. The Morgan fingerprint density at radius 1 is 1.08 bits per heavy atom. The van der Waals surface area contributed by atoms with E-state index < -0.39 is 0 Å². The van der Waals surface area contributed by atoms with E-state index in [1.165, 1.54) is 0 Å². The van der Waals surface area contributed by atoms with Gasteiger partial charge in [-0.25, -0.2) is 0 Å². The number of halogens is 1. The van der Waals surface area contributed by atoms with E-state index in [2.05, 4.69) is 26.6 Å². The van der Waals surface area contributed by atoms with Gasteiger partial charge in [-0.2, -0.15) is 0 Å². The van der Waals surface area contributed by atoms with Crippen molar-refractivity contribution >= 4 is 27.7 Å². The van der Waals surface area contributed by atoms with E-state index in [1.807, 2.05) is 24.3 Å². The monoisotopic (exact) mass is 394 g/mol. The molecule has 2 amide bonds. The summed E-state index contributed by atoms with van der Waals surface area (Å²) in [4.78, 5) is 23.3. The van der Waals surface area contributed by atoms with Gasteiger partial charge >= 0.3 is 0 Å². The number of nitrogens with one attached hydrogen (secondary N) is 2. The highest BCUT2D eigenvalue weighted by Crippen LogP contribution is 2.16. The Bertz CT molecular complexity index is 641. The molecule has 0 saturated heterocycles. The van der Waals surface area contributed by atoms with Crippen LogP contribution < -0.4 is 15.4 Å². The topological polar surface area (TPSA) is 80.6 Å². The van der Waals surface area contributed by atoms with Crippen LogP contribution in [0, 0.1) is 0 Å². The molecule has 0 atom stereocenters. The lowest BCUT2D eigenvalue weighted by atomic mass is 10.3. The summed E-state index contributed by atoms with van der Waals surface area (Å²) in [6.45, 7) is 0.704. The highest BCUT2D eigenvalue weighted by Gasteiger charge is 2.06. The van der Waals surface area contributed by atoms with Crippen LogP contribution in [0.15, 0.2) is 51.6 Å². The molecular formula is C17H19BrN2O4. The van der Waals surface area contributed by atoms with E-state index in [1.54, 1.807) is 18.4 Å². The molecule has 0 saturated carbocycles. The molecule has 1 aromatic carbocycles. The number of carbonyl (C=O) groups is 2. The molecule has 0 aliphatic rings. The number of hydrogen-bond donors (Lipinski definition) is 2. The minimum absolute atomic E-state index is 0.0485. The lowest BCUT2D eigenvalue weighted by molar-refractivity contribution is -0.126. The molecular weight excluding hydrogens is 376 g/mol. The number of furan rings is 1. The Morgan fingerprint density at radius 3 is 2.58 bits per heavy atom. The summed E-state index contributed by atoms with van der Waals surface area (Å²) >= 11 is 3.35. The summed E-state index contributed by atoms with van der Waals surface area (Å²) < 4.78 is 11.6. The molecule has 1 aromatic heterocycles. The number of benzene rings is 1. The second-order valence-electron chi connectivity index (χ2n) is 5.04. The first kappa shape index (κ1) is 18.1. The molecule has 0 aliphatic heterocycles. The van der Waals surface area contributed by atoms with E-state index in [0.717, 1.165) is 10.2 Å². The van der Waals surface area contributed by atoms with E-state index in [9.17, 15) is 9.59 Å². The Kier molecular flexibility index (Phi) is 7.35. The van der Waals surface area contributed by atoms with Crippen molar-refractivity contribution in [3.8, 4) is 5.75 Å². The van der Waals surface area contributed by atoms with Crippen molar-refractivity contribution in [1.29, 1.82) is 0 Å². The standard InChI is InChI=1S/C17H19BrN2O4/c18-13-5-7-14(8-6-13)23-10-2-4-16(21)20-12-17(22)19-11-15-3-1-9-24-15/h1,3,5-9H,2,4,10-12H2,(H,19,22)(H,20,21). The van der Waals surface area contributed by atoms with Gasteiger partial charge in [-0.15, -0.1) is 0 Å². The van der Waals surface area contributed by atoms with Crippen LogP contribution in [-0.2, 0) is 16.1 Å². The van der Waals surface area contributed by atoms with Crippen LogP contribution in [0.1, 0.15) is 18.6 Å². The van der Waals surface area contributed by atoms with Crippen LogP contribution in [0.2, 0.25) is 0 Å². The lowest BCUT2D eigenvalue weighted by Gasteiger charge is -2.07. The van der Waals surface area contributed by atoms with Gasteiger partial charge in [0.1, 0.15) is 11.5 Å². The molecule has 2 N–H and O–H groups in total. The van der Waals surface area contributed by atoms with Crippen LogP contribution in [0.3, 0.4) is 0 Å². The molecule has 0 fully saturated rings. The molecule has 0 bridgehead atoms. The van der Waals surface area contributed by atoms with Gasteiger partial charge in [0.05, 0.1) is 26.0 Å². The van der Waals surface area contributed by atoms with Crippen molar-refractivity contribution in [3.63, 3.8) is 0 Å². The Balaban J connectivity index is 1.53. The van der Waals surface area contributed by atoms with Crippen molar-refractivity contribution in [1.82, 2.24) is 10.6 Å². The third-order valence-corrected chi connectivity index (χ3v) is 3.65. The highest BCUT2D eigenvalue weighted by atomic mass is 79.9. The van der Waals surface area contributed by atoms with Crippen LogP contribution in [-0.4, -0.2) is 25.0 Å². The van der Waals surface area contributed by atoms with Gasteiger partial charge in [0.15, 0.2) is 0 Å². The van der Waals surface area contributed by atoms with E-state index >= 15 is 0 Å². The molecule has 24 heavy (non-hydrogen) atoms. The van der Waals surface area contributed by atoms with Gasteiger partial charge < -0.3 is 19.8 Å². The van der Waals surface area contributed by atoms with Crippen LogP contribution in [0.5, 0.6) is 5.75 Å². The number of carbonyl (C=O) groups excluding carboxylic acids is 2. The smallest absolute Gasteiger partial charge is 0.239 e. The van der Waals surface area contributed by atoms with E-state index in [-0.39, 0.29) is 18.4 Å². The fourth-order valence-corrected chi connectivity index (χ4v) is 2.15. The summed E-state index contributed by atoms with van der Waals surface area (Å²) in [6, 6.07) is 11.0. The first-order valence-corrected chi connectivity index (χ1v) is 8.37. The van der Waals surface area contributed by atoms with Gasteiger partial charge in [-0.05, 0) is 42.8 Å². The molecule has 128 valence electrons. The fraction of sp³-hybridized carbons (Fsp3) is 0.294. The normalized spacial score (nSPS) is 10.2. The summed E-state index contributed by atoms with van der Waals surface area (Å²) in [5, 5.41) is 5.23. The first-order valence-electron chi connectivity index (χ1n) is 7.57. The summed E-state index contributed by atoms with van der Waals surface area (Å²) in [6.07, 6.45) is 2.43. The van der Waals surface area contributed by atoms with Crippen molar-refractivity contribution < 1.29 is 18.7 Å². The summed E-state index contributed by atoms with van der Waals surface area (Å²) in [7, 11) is 0. The fourth-order valence-electron chi connectivity index (χ4n) is 1.88. The van der Waals surface area contributed by atoms with Crippen molar-refractivity contribution in [2.24, 2.45) is 0 Å². The van der Waals surface area contributed by atoms with Crippen molar-refractivity contribution in [3.05, 3.63) is 52.9 Å². The first-order chi connectivity index (χ1) is 11.6. The Hall–Kier alpha value is -2.28. The maximum absolute atomic E-state index is 11.7. The molecule has 0 radical (unpaired) electrons. The summed E-state index contributed by atoms with van der Waals surface area (Å²) in [5.41, 5.74) is 0. The summed E-state index contributed by atoms with van der Waals surface area (Å²) in [5.74, 6) is 0.990. The zero-order chi connectivity index (χ0) is 17.2. The molecule has 6 nitrogen and oxygen atoms in total. The molecule has 1 heterocycles. The minimum atomic E-state index is -0.258. The largest absolute Gasteiger partial charge is 0.494 e. The molecule has 7 heteroatoms. The molecule has 2 rings (SSSR count). The SMILES string of the molecule is O=C(CCCOc1ccc(Br)cc1)NCC(=O)NCc1ccco1. The minimum Gasteiger partial charge on any atom is -0.494 e. The molecule has 2 aromatic rings. The molecule has 0 aliphatic carbocycles. The van der Waals surface area contributed by atoms with Crippen molar-refractivity contribution in [2.75, 3.05) is 13.2 Å². The number of rotatable bonds is 9. The zero-order valence-electron chi connectivity index (χ0n) is 13.1. The molecule has 0 unspecified atom stereocenters. The van der Waals surface area contributed by atoms with Crippen LogP contribution in [0.4, 0.5) is 0 Å². The van der Waals surface area contributed by atoms with E-state index in [0.29, 0.717) is 31.8 Å². The Labute approximate surface area is 148 Å². The average molecular weight is 395 g/mol. The predicted octanol–water partition coefficient (Wildman–Crippen LogP) is 2.63. The van der Waals surface area contributed by atoms with Crippen molar-refractivity contribution in [2.45, 2.75) is 19.4 Å². The number of amides is 2. The average Bonchev–Trinajstić information content (AvgIpc) is 3.10. The Morgan fingerprint density at radius 2 is 1.88 bits per heavy atom. The van der Waals surface area contributed by atoms with Crippen LogP contribution in [0.25, 0.3) is 0 Å². The zero-order valence-corrected chi connectivity index (χ0v) is 14.7. The van der Waals surface area contributed by atoms with Gasteiger partial charge in [0, 0.05) is 10.9 Å². The second kappa shape index (κ2) is 9.77. The quantitative estimate of drug-likeness (QED) is 0.640. The predicted molar refractivity (Wildman–Crippen MR) is 92.4 cm³/mol. The molecule has 0 spiro atoms. The second-order valence-corrected chi connectivity index (χ2v) is 5.95. The number of ether oxygens (including phenoxy) is 1. The van der Waals surface area contributed by atoms with Gasteiger partial charge in [0.25, 0.3) is 0 Å².